The normalized spacial score (nSPS) is 10.7. The summed E-state index contributed by atoms with van der Waals surface area (Å²) in [5.74, 6) is 0.855. The van der Waals surface area contributed by atoms with Crippen molar-refractivity contribution in [3.63, 3.8) is 0 Å². The molecule has 0 amide bonds. The molecule has 1 heterocycles. The smallest absolute Gasteiger partial charge is 0.0705 e. The molecule has 1 nitrogen and oxygen atoms in total. The number of fused-ring (bicyclic) bond motifs is 1. The van der Waals surface area contributed by atoms with Crippen LogP contribution in [0.1, 0.15) is 18.5 Å². The monoisotopic (exact) mass is 216 g/mol. The number of rotatable bonds is 4. The lowest BCUT2D eigenvalue weighted by Gasteiger charge is -2.01. The summed E-state index contributed by atoms with van der Waals surface area (Å²) in [6.45, 7) is 0. The van der Waals surface area contributed by atoms with E-state index in [-0.39, 0.29) is 0 Å². The van der Waals surface area contributed by atoms with E-state index in [0.717, 1.165) is 30.5 Å². The largest absolute Gasteiger partial charge is 0.253 e. The third-order valence-corrected chi connectivity index (χ3v) is 2.77. The summed E-state index contributed by atoms with van der Waals surface area (Å²) in [5.41, 5.74) is 2.27. The molecule has 0 spiro atoms. The van der Waals surface area contributed by atoms with Gasteiger partial charge in [0, 0.05) is 16.8 Å². The highest BCUT2D eigenvalue weighted by molar-refractivity contribution is 7.80. The van der Waals surface area contributed by atoms with Crippen LogP contribution in [0.3, 0.4) is 0 Å². The van der Waals surface area contributed by atoms with Gasteiger partial charge in [-0.25, -0.2) is 0 Å². The van der Waals surface area contributed by atoms with Crippen LogP contribution in [0.25, 0.3) is 10.9 Å². The summed E-state index contributed by atoms with van der Waals surface area (Å²) in [6, 6.07) is 12.5. The van der Waals surface area contributed by atoms with Crippen molar-refractivity contribution in [1.29, 1.82) is 0 Å². The van der Waals surface area contributed by atoms with Crippen molar-refractivity contribution in [1.82, 2.24) is 4.98 Å². The zero-order valence-electron chi connectivity index (χ0n) is 8.65. The van der Waals surface area contributed by atoms with Gasteiger partial charge in [0.05, 0.1) is 5.52 Å². The average molecular weight is 216 g/mol. The van der Waals surface area contributed by atoms with E-state index in [2.05, 4.69) is 29.2 Å². The Balaban J connectivity index is 2.16. The molecule has 0 saturated heterocycles. The standard InChI is InChI=1S/C13H14NS/c15-10-4-3-6-12-9-8-11-5-1-2-7-13(11)14-12/h1-2,5,7-9H,3-4,6,10H2. The molecule has 0 saturated carbocycles. The van der Waals surface area contributed by atoms with Gasteiger partial charge in [0.2, 0.25) is 0 Å². The Morgan fingerprint density at radius 1 is 1.00 bits per heavy atom. The van der Waals surface area contributed by atoms with Gasteiger partial charge in [-0.15, -0.1) is 0 Å². The fourth-order valence-corrected chi connectivity index (χ4v) is 1.86. The topological polar surface area (TPSA) is 12.9 Å². The quantitative estimate of drug-likeness (QED) is 0.709. The SMILES string of the molecule is [S]CCCCc1ccc2ccccc2n1. The maximum Gasteiger partial charge on any atom is 0.0705 e. The first-order valence-corrected chi connectivity index (χ1v) is 5.90. The molecule has 0 atom stereocenters. The number of hydrogen-bond donors (Lipinski definition) is 0. The molecule has 1 radical (unpaired) electrons. The van der Waals surface area contributed by atoms with Crippen molar-refractivity contribution in [3.05, 3.63) is 42.1 Å². The highest BCUT2D eigenvalue weighted by Gasteiger charge is 1.97. The third kappa shape index (κ3) is 2.72. The third-order valence-electron chi connectivity index (χ3n) is 2.48. The Kier molecular flexibility index (Phi) is 3.62. The van der Waals surface area contributed by atoms with E-state index in [1.165, 1.54) is 11.1 Å². The van der Waals surface area contributed by atoms with Crippen LogP contribution < -0.4 is 0 Å². The van der Waals surface area contributed by atoms with Gasteiger partial charge in [-0.1, -0.05) is 36.9 Å². The van der Waals surface area contributed by atoms with Crippen LogP contribution in [0.5, 0.6) is 0 Å². The Hall–Kier alpha value is -1.02. The van der Waals surface area contributed by atoms with Gasteiger partial charge < -0.3 is 0 Å². The zero-order chi connectivity index (χ0) is 10.5. The van der Waals surface area contributed by atoms with E-state index in [1.54, 1.807) is 0 Å². The minimum atomic E-state index is 0.855. The van der Waals surface area contributed by atoms with E-state index < -0.39 is 0 Å². The molecule has 77 valence electrons. The number of unbranched alkanes of at least 4 members (excludes halogenated alkanes) is 1. The second-order valence-corrected chi connectivity index (χ2v) is 4.06. The second kappa shape index (κ2) is 5.17. The molecular formula is C13H14NS. The van der Waals surface area contributed by atoms with Crippen LogP contribution in [0, 0.1) is 0 Å². The first-order valence-electron chi connectivity index (χ1n) is 5.33. The fraction of sp³-hybridized carbons (Fsp3) is 0.308. The summed E-state index contributed by atoms with van der Waals surface area (Å²) in [4.78, 5) is 4.61. The zero-order valence-corrected chi connectivity index (χ0v) is 9.46. The Morgan fingerprint density at radius 2 is 1.87 bits per heavy atom. The summed E-state index contributed by atoms with van der Waals surface area (Å²) >= 11 is 4.92. The molecule has 0 bridgehead atoms. The van der Waals surface area contributed by atoms with Gasteiger partial charge in [0.15, 0.2) is 0 Å². The number of para-hydroxylation sites is 1. The molecule has 0 aliphatic rings. The van der Waals surface area contributed by atoms with Crippen LogP contribution in [0.4, 0.5) is 0 Å². The highest BCUT2D eigenvalue weighted by atomic mass is 32.1. The maximum absolute atomic E-state index is 4.92. The lowest BCUT2D eigenvalue weighted by Crippen LogP contribution is -1.91. The van der Waals surface area contributed by atoms with Gasteiger partial charge in [-0.3, -0.25) is 4.98 Å². The number of nitrogens with zero attached hydrogens (tertiary/aromatic N) is 1. The van der Waals surface area contributed by atoms with Gasteiger partial charge in [0.25, 0.3) is 0 Å². The summed E-state index contributed by atoms with van der Waals surface area (Å²) in [5, 5.41) is 1.21. The lowest BCUT2D eigenvalue weighted by atomic mass is 10.1. The molecule has 2 rings (SSSR count). The van der Waals surface area contributed by atoms with Gasteiger partial charge in [-0.2, -0.15) is 0 Å². The van der Waals surface area contributed by atoms with Crippen molar-refractivity contribution < 1.29 is 0 Å². The summed E-state index contributed by atoms with van der Waals surface area (Å²) in [7, 11) is 0. The molecule has 0 fully saturated rings. The molecule has 0 unspecified atom stereocenters. The van der Waals surface area contributed by atoms with Gasteiger partial charge in [-0.05, 0) is 31.4 Å². The predicted octanol–water partition coefficient (Wildman–Crippen LogP) is 3.76. The van der Waals surface area contributed by atoms with Crippen LogP contribution in [0.15, 0.2) is 36.4 Å². The average Bonchev–Trinajstić information content (AvgIpc) is 2.29. The van der Waals surface area contributed by atoms with E-state index in [1.807, 2.05) is 12.1 Å². The first kappa shape index (κ1) is 10.5. The molecule has 2 aromatic rings. The van der Waals surface area contributed by atoms with Crippen LogP contribution in [-0.4, -0.2) is 10.7 Å². The molecule has 1 aromatic heterocycles. The van der Waals surface area contributed by atoms with E-state index >= 15 is 0 Å². The predicted molar refractivity (Wildman–Crippen MR) is 67.1 cm³/mol. The molecular weight excluding hydrogens is 202 g/mol. The number of hydrogen-bond acceptors (Lipinski definition) is 1. The Bertz CT molecular complexity index is 439. The van der Waals surface area contributed by atoms with Crippen molar-refractivity contribution in [2.45, 2.75) is 19.3 Å². The molecule has 2 heteroatoms. The van der Waals surface area contributed by atoms with E-state index in [0.29, 0.717) is 0 Å². The van der Waals surface area contributed by atoms with E-state index in [4.69, 9.17) is 12.6 Å². The highest BCUT2D eigenvalue weighted by Crippen LogP contribution is 2.13. The minimum Gasteiger partial charge on any atom is -0.253 e. The minimum absolute atomic E-state index is 0.855. The summed E-state index contributed by atoms with van der Waals surface area (Å²) < 4.78 is 0. The fourth-order valence-electron chi connectivity index (χ4n) is 1.66. The lowest BCUT2D eigenvalue weighted by molar-refractivity contribution is 0.788. The van der Waals surface area contributed by atoms with Crippen LogP contribution in [-0.2, 0) is 6.42 Å². The molecule has 0 aliphatic carbocycles. The van der Waals surface area contributed by atoms with Crippen molar-refractivity contribution in [3.8, 4) is 0 Å². The molecule has 1 aromatic carbocycles. The van der Waals surface area contributed by atoms with Crippen molar-refractivity contribution >= 4 is 23.5 Å². The van der Waals surface area contributed by atoms with Gasteiger partial charge >= 0.3 is 0 Å². The molecule has 15 heavy (non-hydrogen) atoms. The number of aryl methyl sites for hydroxylation is 1. The maximum atomic E-state index is 4.92. The first-order chi connectivity index (χ1) is 7.40. The van der Waals surface area contributed by atoms with Crippen molar-refractivity contribution in [2.75, 3.05) is 5.75 Å². The Morgan fingerprint density at radius 3 is 2.73 bits per heavy atom. The van der Waals surface area contributed by atoms with Crippen molar-refractivity contribution in [2.24, 2.45) is 0 Å². The van der Waals surface area contributed by atoms with Crippen LogP contribution >= 0.6 is 12.6 Å². The van der Waals surface area contributed by atoms with Crippen LogP contribution in [0.2, 0.25) is 0 Å². The van der Waals surface area contributed by atoms with E-state index in [9.17, 15) is 0 Å². The molecule has 0 aliphatic heterocycles. The number of aromatic nitrogens is 1. The number of benzene rings is 1. The second-order valence-electron chi connectivity index (χ2n) is 3.66. The number of pyridine rings is 1. The Labute approximate surface area is 95.9 Å². The summed E-state index contributed by atoms with van der Waals surface area (Å²) in [6.07, 6.45) is 3.31. The van der Waals surface area contributed by atoms with Gasteiger partial charge in [0.1, 0.15) is 0 Å². The molecule has 0 N–H and O–H groups in total.